The van der Waals surface area contributed by atoms with Crippen molar-refractivity contribution in [2.45, 2.75) is 12.8 Å². The van der Waals surface area contributed by atoms with Gasteiger partial charge in [-0.2, -0.15) is 0 Å². The molecule has 0 aromatic heterocycles. The number of rotatable bonds is 8. The van der Waals surface area contributed by atoms with Crippen molar-refractivity contribution in [3.63, 3.8) is 0 Å². The summed E-state index contributed by atoms with van der Waals surface area (Å²) in [5, 5.41) is 2.50. The van der Waals surface area contributed by atoms with Crippen LogP contribution in [0.2, 0.25) is 0 Å². The summed E-state index contributed by atoms with van der Waals surface area (Å²) in [6.45, 7) is -0.447. The van der Waals surface area contributed by atoms with Crippen LogP contribution >= 0.6 is 0 Å². The Balaban J connectivity index is 1.82. The first-order valence-corrected chi connectivity index (χ1v) is 7.97. The molecule has 2 amide bonds. The standard InChI is InChI=1S/C19H20N2O5/c1-25-16-9-5-2-6-13(16)10-11-18(23)26-12-17(22)21-15-8-4-3-7-14(15)19(20)24/h2-9H,10-12H2,1H3,(H2,20,24)(H,21,22). The van der Waals surface area contributed by atoms with Crippen LogP contribution in [0.1, 0.15) is 22.3 Å². The van der Waals surface area contributed by atoms with Crippen LogP contribution in [0.4, 0.5) is 5.69 Å². The maximum absolute atomic E-state index is 11.9. The lowest BCUT2D eigenvalue weighted by Gasteiger charge is -2.10. The van der Waals surface area contributed by atoms with Crippen LogP contribution < -0.4 is 15.8 Å². The molecule has 136 valence electrons. The highest BCUT2D eigenvalue weighted by atomic mass is 16.5. The number of primary amides is 1. The minimum atomic E-state index is -0.658. The van der Waals surface area contributed by atoms with Crippen LogP contribution in [-0.4, -0.2) is 31.5 Å². The number of hydrogen-bond acceptors (Lipinski definition) is 5. The highest BCUT2D eigenvalue weighted by molar-refractivity contribution is 6.03. The molecule has 0 heterocycles. The Labute approximate surface area is 151 Å². The second-order valence-corrected chi connectivity index (χ2v) is 5.43. The van der Waals surface area contributed by atoms with Crippen molar-refractivity contribution in [1.82, 2.24) is 0 Å². The number of nitrogens with two attached hydrogens (primary N) is 1. The number of carbonyl (C=O) groups excluding carboxylic acids is 3. The van der Waals surface area contributed by atoms with Gasteiger partial charge in [0.1, 0.15) is 5.75 Å². The van der Waals surface area contributed by atoms with E-state index in [2.05, 4.69) is 5.32 Å². The molecule has 2 rings (SSSR count). The van der Waals surface area contributed by atoms with E-state index in [0.29, 0.717) is 12.2 Å². The molecule has 7 heteroatoms. The maximum Gasteiger partial charge on any atom is 0.306 e. The number of methoxy groups -OCH3 is 1. The minimum Gasteiger partial charge on any atom is -0.496 e. The van der Waals surface area contributed by atoms with Gasteiger partial charge in [0.05, 0.1) is 18.4 Å². The molecule has 0 atom stereocenters. The number of hydrogen-bond donors (Lipinski definition) is 2. The number of para-hydroxylation sites is 2. The highest BCUT2D eigenvalue weighted by Gasteiger charge is 2.13. The lowest BCUT2D eigenvalue weighted by molar-refractivity contribution is -0.147. The number of benzene rings is 2. The van der Waals surface area contributed by atoms with Crippen molar-refractivity contribution in [3.05, 3.63) is 59.7 Å². The van der Waals surface area contributed by atoms with Crippen molar-refractivity contribution >= 4 is 23.5 Å². The predicted octanol–water partition coefficient (Wildman–Crippen LogP) is 1.91. The molecule has 2 aromatic carbocycles. The Morgan fingerprint density at radius 2 is 1.73 bits per heavy atom. The van der Waals surface area contributed by atoms with Crippen LogP contribution in [0.3, 0.4) is 0 Å². The SMILES string of the molecule is COc1ccccc1CCC(=O)OCC(=O)Nc1ccccc1C(N)=O. The van der Waals surface area contributed by atoms with Crippen LogP contribution in [0.25, 0.3) is 0 Å². The van der Waals surface area contributed by atoms with E-state index in [1.165, 1.54) is 6.07 Å². The first kappa shape index (κ1) is 19.0. The Hall–Kier alpha value is -3.35. The third kappa shape index (κ3) is 5.34. The van der Waals surface area contributed by atoms with E-state index in [4.69, 9.17) is 15.2 Å². The second-order valence-electron chi connectivity index (χ2n) is 5.43. The van der Waals surface area contributed by atoms with Gasteiger partial charge in [0.2, 0.25) is 0 Å². The zero-order valence-corrected chi connectivity index (χ0v) is 14.4. The number of nitrogens with one attached hydrogen (secondary N) is 1. The average molecular weight is 356 g/mol. The lowest BCUT2D eigenvalue weighted by Crippen LogP contribution is -2.23. The largest absolute Gasteiger partial charge is 0.496 e. The summed E-state index contributed by atoms with van der Waals surface area (Å²) < 4.78 is 10.2. The molecule has 0 radical (unpaired) electrons. The molecule has 0 saturated carbocycles. The molecular formula is C19H20N2O5. The monoisotopic (exact) mass is 356 g/mol. The smallest absolute Gasteiger partial charge is 0.306 e. The van der Waals surface area contributed by atoms with Crippen LogP contribution in [0.5, 0.6) is 5.75 Å². The molecule has 0 fully saturated rings. The Morgan fingerprint density at radius 1 is 1.04 bits per heavy atom. The van der Waals surface area contributed by atoms with E-state index in [0.717, 1.165) is 5.56 Å². The van der Waals surface area contributed by atoms with E-state index in [9.17, 15) is 14.4 Å². The first-order chi connectivity index (χ1) is 12.5. The summed E-state index contributed by atoms with van der Waals surface area (Å²) in [6, 6.07) is 13.7. The number of carbonyl (C=O) groups is 3. The fraction of sp³-hybridized carbons (Fsp3) is 0.211. The van der Waals surface area contributed by atoms with E-state index in [-0.39, 0.29) is 17.7 Å². The van der Waals surface area contributed by atoms with E-state index in [1.54, 1.807) is 25.3 Å². The Bertz CT molecular complexity index is 804. The van der Waals surface area contributed by atoms with Crippen LogP contribution in [-0.2, 0) is 20.7 Å². The van der Waals surface area contributed by atoms with Gasteiger partial charge in [-0.05, 0) is 30.2 Å². The summed E-state index contributed by atoms with van der Waals surface area (Å²) >= 11 is 0. The summed E-state index contributed by atoms with van der Waals surface area (Å²) in [4.78, 5) is 35.1. The molecule has 0 aliphatic heterocycles. The van der Waals surface area contributed by atoms with Crippen molar-refractivity contribution < 1.29 is 23.9 Å². The molecular weight excluding hydrogens is 336 g/mol. The maximum atomic E-state index is 11.9. The molecule has 0 aliphatic rings. The number of amides is 2. The van der Waals surface area contributed by atoms with Gasteiger partial charge < -0.3 is 20.5 Å². The van der Waals surface area contributed by atoms with Gasteiger partial charge >= 0.3 is 5.97 Å². The summed E-state index contributed by atoms with van der Waals surface area (Å²) in [6.07, 6.45) is 0.556. The normalized spacial score (nSPS) is 10.0. The Morgan fingerprint density at radius 3 is 2.46 bits per heavy atom. The minimum absolute atomic E-state index is 0.117. The molecule has 7 nitrogen and oxygen atoms in total. The van der Waals surface area contributed by atoms with E-state index >= 15 is 0 Å². The van der Waals surface area contributed by atoms with Gasteiger partial charge in [-0.1, -0.05) is 30.3 Å². The molecule has 2 aromatic rings. The molecule has 0 aliphatic carbocycles. The number of anilines is 1. The highest BCUT2D eigenvalue weighted by Crippen LogP contribution is 2.19. The summed E-state index contributed by atoms with van der Waals surface area (Å²) in [5.41, 5.74) is 6.58. The van der Waals surface area contributed by atoms with Gasteiger partial charge in [-0.15, -0.1) is 0 Å². The number of ether oxygens (including phenoxy) is 2. The zero-order chi connectivity index (χ0) is 18.9. The zero-order valence-electron chi connectivity index (χ0n) is 14.4. The topological polar surface area (TPSA) is 108 Å². The van der Waals surface area contributed by atoms with Crippen molar-refractivity contribution in [2.75, 3.05) is 19.0 Å². The summed E-state index contributed by atoms with van der Waals surface area (Å²) in [7, 11) is 1.56. The molecule has 3 N–H and O–H groups in total. The quantitative estimate of drug-likeness (QED) is 0.703. The summed E-state index contributed by atoms with van der Waals surface area (Å²) in [5.74, 6) is -1.02. The predicted molar refractivity (Wildman–Crippen MR) is 95.9 cm³/mol. The number of aryl methyl sites for hydroxylation is 1. The van der Waals surface area contributed by atoms with Gasteiger partial charge in [0, 0.05) is 6.42 Å². The molecule has 0 saturated heterocycles. The van der Waals surface area contributed by atoms with Crippen LogP contribution in [0.15, 0.2) is 48.5 Å². The van der Waals surface area contributed by atoms with Crippen LogP contribution in [0, 0.1) is 0 Å². The fourth-order valence-electron chi connectivity index (χ4n) is 2.36. The van der Waals surface area contributed by atoms with Gasteiger partial charge in [-0.25, -0.2) is 0 Å². The van der Waals surface area contributed by atoms with Crippen molar-refractivity contribution in [1.29, 1.82) is 0 Å². The van der Waals surface area contributed by atoms with E-state index in [1.807, 2.05) is 24.3 Å². The fourth-order valence-corrected chi connectivity index (χ4v) is 2.36. The first-order valence-electron chi connectivity index (χ1n) is 7.97. The van der Waals surface area contributed by atoms with Crippen molar-refractivity contribution in [3.8, 4) is 5.75 Å². The second kappa shape index (κ2) is 9.22. The molecule has 0 spiro atoms. The lowest BCUT2D eigenvalue weighted by atomic mass is 10.1. The number of esters is 1. The molecule has 26 heavy (non-hydrogen) atoms. The molecule has 0 bridgehead atoms. The van der Waals surface area contributed by atoms with Gasteiger partial charge in [-0.3, -0.25) is 14.4 Å². The van der Waals surface area contributed by atoms with Crippen molar-refractivity contribution in [2.24, 2.45) is 5.73 Å². The average Bonchev–Trinajstić information content (AvgIpc) is 2.65. The van der Waals surface area contributed by atoms with Gasteiger partial charge in [0.25, 0.3) is 11.8 Å². The third-order valence-electron chi connectivity index (χ3n) is 3.62. The Kier molecular flexibility index (Phi) is 6.73. The van der Waals surface area contributed by atoms with E-state index < -0.39 is 24.4 Å². The van der Waals surface area contributed by atoms with Gasteiger partial charge in [0.15, 0.2) is 6.61 Å². The molecule has 0 unspecified atom stereocenters. The third-order valence-corrected chi connectivity index (χ3v) is 3.62.